The second-order valence-corrected chi connectivity index (χ2v) is 4.87. The Balaban J connectivity index is 2.15. The molecule has 1 aromatic heterocycles. The fraction of sp³-hybridized carbons (Fsp3) is 0.353. The molecule has 0 saturated carbocycles. The first-order valence-electron chi connectivity index (χ1n) is 7.19. The minimum Gasteiger partial charge on any atom is -0.487 e. The first-order valence-corrected chi connectivity index (χ1v) is 7.19. The predicted molar refractivity (Wildman–Crippen MR) is 80.5 cm³/mol. The van der Waals surface area contributed by atoms with Crippen molar-refractivity contribution in [3.8, 4) is 5.75 Å². The minimum atomic E-state index is -0.731. The van der Waals surface area contributed by atoms with E-state index in [1.54, 1.807) is 0 Å². The Hall–Kier alpha value is -2.07. The van der Waals surface area contributed by atoms with Crippen LogP contribution in [0.15, 0.2) is 51.9 Å². The van der Waals surface area contributed by atoms with E-state index in [1.807, 2.05) is 30.3 Å². The van der Waals surface area contributed by atoms with Crippen LogP contribution < -0.4 is 10.2 Å². The Labute approximate surface area is 124 Å². The average molecular weight is 288 g/mol. The zero-order valence-electron chi connectivity index (χ0n) is 12.1. The van der Waals surface area contributed by atoms with Gasteiger partial charge in [-0.2, -0.15) is 0 Å². The lowest BCUT2D eigenvalue weighted by Gasteiger charge is -2.13. The zero-order valence-corrected chi connectivity index (χ0v) is 12.1. The molecule has 1 N–H and O–H groups in total. The Bertz CT molecular complexity index is 604. The van der Waals surface area contributed by atoms with E-state index >= 15 is 0 Å². The molecular weight excluding hydrogens is 268 g/mol. The summed E-state index contributed by atoms with van der Waals surface area (Å²) in [5, 5.41) is 10.2. The first-order chi connectivity index (χ1) is 10.2. The maximum Gasteiger partial charge on any atom is 0.227 e. The van der Waals surface area contributed by atoms with E-state index in [9.17, 15) is 9.90 Å². The molecule has 0 aliphatic heterocycles. The van der Waals surface area contributed by atoms with Crippen LogP contribution >= 0.6 is 0 Å². The quantitative estimate of drug-likeness (QED) is 0.795. The van der Waals surface area contributed by atoms with Crippen LogP contribution in [0, 0.1) is 0 Å². The van der Waals surface area contributed by atoms with Crippen LogP contribution in [0.4, 0.5) is 0 Å². The van der Waals surface area contributed by atoms with Gasteiger partial charge in [0.05, 0.1) is 19.0 Å². The maximum atomic E-state index is 11.9. The molecule has 1 aromatic carbocycles. The Morgan fingerprint density at radius 1 is 1.24 bits per heavy atom. The van der Waals surface area contributed by atoms with E-state index < -0.39 is 6.10 Å². The van der Waals surface area contributed by atoms with Crippen LogP contribution in [0.3, 0.4) is 0 Å². The minimum absolute atomic E-state index is 0.209. The van der Waals surface area contributed by atoms with E-state index in [1.165, 1.54) is 12.3 Å². The highest BCUT2D eigenvalue weighted by Crippen LogP contribution is 2.22. The SMILES string of the molecule is CCCCOc1c(CC(O)c2ccccc2)occc1=O. The fourth-order valence-corrected chi connectivity index (χ4v) is 2.02. The second-order valence-electron chi connectivity index (χ2n) is 4.87. The molecule has 1 unspecified atom stereocenters. The number of aliphatic hydroxyl groups excluding tert-OH is 1. The lowest BCUT2D eigenvalue weighted by molar-refractivity contribution is 0.165. The third kappa shape index (κ3) is 4.20. The number of benzene rings is 1. The molecule has 1 atom stereocenters. The fourth-order valence-electron chi connectivity index (χ4n) is 2.02. The highest BCUT2D eigenvalue weighted by Gasteiger charge is 2.16. The first kappa shape index (κ1) is 15.3. The highest BCUT2D eigenvalue weighted by molar-refractivity contribution is 5.27. The number of rotatable bonds is 7. The smallest absolute Gasteiger partial charge is 0.227 e. The Kier molecular flexibility index (Phi) is 5.58. The number of hydrogen-bond acceptors (Lipinski definition) is 4. The summed E-state index contributed by atoms with van der Waals surface area (Å²) in [6, 6.07) is 10.6. The third-order valence-electron chi connectivity index (χ3n) is 3.21. The van der Waals surface area contributed by atoms with Gasteiger partial charge in [0.2, 0.25) is 11.2 Å². The van der Waals surface area contributed by atoms with Crippen LogP contribution in [0.2, 0.25) is 0 Å². The van der Waals surface area contributed by atoms with Crippen LogP contribution in [0.25, 0.3) is 0 Å². The van der Waals surface area contributed by atoms with E-state index in [2.05, 4.69) is 6.92 Å². The van der Waals surface area contributed by atoms with Crippen molar-refractivity contribution in [3.05, 3.63) is 64.2 Å². The molecule has 0 amide bonds. The molecule has 0 fully saturated rings. The van der Waals surface area contributed by atoms with Gasteiger partial charge in [0.15, 0.2) is 5.76 Å². The average Bonchev–Trinajstić information content (AvgIpc) is 2.51. The lowest BCUT2D eigenvalue weighted by atomic mass is 10.0. The summed E-state index contributed by atoms with van der Waals surface area (Å²) in [5.41, 5.74) is 0.566. The van der Waals surface area contributed by atoms with E-state index in [-0.39, 0.29) is 17.6 Å². The lowest BCUT2D eigenvalue weighted by Crippen LogP contribution is -2.12. The van der Waals surface area contributed by atoms with Gasteiger partial charge in [0, 0.05) is 12.5 Å². The number of unbranched alkanes of at least 4 members (excludes halogenated alkanes) is 1. The maximum absolute atomic E-state index is 11.9. The molecule has 0 spiro atoms. The van der Waals surface area contributed by atoms with Crippen LogP contribution in [-0.2, 0) is 6.42 Å². The van der Waals surface area contributed by atoms with Gasteiger partial charge in [-0.1, -0.05) is 43.7 Å². The highest BCUT2D eigenvalue weighted by atomic mass is 16.5. The van der Waals surface area contributed by atoms with Crippen LogP contribution in [0.1, 0.15) is 37.2 Å². The molecule has 0 aliphatic rings. The Morgan fingerprint density at radius 3 is 2.71 bits per heavy atom. The molecule has 112 valence electrons. The van der Waals surface area contributed by atoms with E-state index in [0.29, 0.717) is 12.4 Å². The molecule has 21 heavy (non-hydrogen) atoms. The molecule has 1 heterocycles. The van der Waals surface area contributed by atoms with Crippen molar-refractivity contribution >= 4 is 0 Å². The monoisotopic (exact) mass is 288 g/mol. The number of ether oxygens (including phenoxy) is 1. The summed E-state index contributed by atoms with van der Waals surface area (Å²) < 4.78 is 10.9. The van der Waals surface area contributed by atoms with Gasteiger partial charge < -0.3 is 14.3 Å². The van der Waals surface area contributed by atoms with Crippen molar-refractivity contribution in [1.29, 1.82) is 0 Å². The molecule has 0 saturated heterocycles. The summed E-state index contributed by atoms with van der Waals surface area (Å²) in [7, 11) is 0. The second kappa shape index (κ2) is 7.64. The van der Waals surface area contributed by atoms with E-state index in [0.717, 1.165) is 18.4 Å². The molecule has 2 aromatic rings. The summed E-state index contributed by atoms with van der Waals surface area (Å²) >= 11 is 0. The summed E-state index contributed by atoms with van der Waals surface area (Å²) in [6.45, 7) is 2.52. The van der Waals surface area contributed by atoms with Crippen LogP contribution in [-0.4, -0.2) is 11.7 Å². The van der Waals surface area contributed by atoms with Gasteiger partial charge in [0.1, 0.15) is 0 Å². The van der Waals surface area contributed by atoms with Gasteiger partial charge in [-0.25, -0.2) is 0 Å². The summed E-state index contributed by atoms with van der Waals surface area (Å²) in [4.78, 5) is 11.9. The van der Waals surface area contributed by atoms with E-state index in [4.69, 9.17) is 9.15 Å². The summed E-state index contributed by atoms with van der Waals surface area (Å²) in [5.74, 6) is 0.593. The molecule has 4 heteroatoms. The van der Waals surface area contributed by atoms with Gasteiger partial charge in [0.25, 0.3) is 0 Å². The zero-order chi connectivity index (χ0) is 15.1. The van der Waals surface area contributed by atoms with Crippen molar-refractivity contribution in [2.24, 2.45) is 0 Å². The largest absolute Gasteiger partial charge is 0.487 e. The topological polar surface area (TPSA) is 59.7 Å². The molecule has 4 nitrogen and oxygen atoms in total. The van der Waals surface area contributed by atoms with Crippen LogP contribution in [0.5, 0.6) is 5.75 Å². The molecular formula is C17H20O4. The van der Waals surface area contributed by atoms with Gasteiger partial charge in [-0.3, -0.25) is 4.79 Å². The molecule has 0 aliphatic carbocycles. The normalized spacial score (nSPS) is 12.1. The van der Waals surface area contributed by atoms with Crippen molar-refractivity contribution in [3.63, 3.8) is 0 Å². The molecule has 0 bridgehead atoms. The van der Waals surface area contributed by atoms with Crippen molar-refractivity contribution < 1.29 is 14.3 Å². The van der Waals surface area contributed by atoms with Crippen molar-refractivity contribution in [2.45, 2.75) is 32.3 Å². The number of hydrogen-bond donors (Lipinski definition) is 1. The van der Waals surface area contributed by atoms with Gasteiger partial charge in [-0.05, 0) is 12.0 Å². The van der Waals surface area contributed by atoms with Gasteiger partial charge in [-0.15, -0.1) is 0 Å². The number of aliphatic hydroxyl groups is 1. The summed E-state index contributed by atoms with van der Waals surface area (Å²) in [6.07, 6.45) is 2.67. The third-order valence-corrected chi connectivity index (χ3v) is 3.21. The molecule has 0 radical (unpaired) electrons. The predicted octanol–water partition coefficient (Wildman–Crippen LogP) is 3.09. The molecule has 2 rings (SSSR count). The standard InChI is InChI=1S/C17H20O4/c1-2-3-10-21-17-14(18)9-11-20-16(17)12-15(19)13-7-5-4-6-8-13/h4-9,11,15,19H,2-3,10,12H2,1H3. The van der Waals surface area contributed by atoms with Crippen molar-refractivity contribution in [2.75, 3.05) is 6.61 Å². The van der Waals surface area contributed by atoms with Crippen molar-refractivity contribution in [1.82, 2.24) is 0 Å². The Morgan fingerprint density at radius 2 is 2.00 bits per heavy atom. The van der Waals surface area contributed by atoms with Gasteiger partial charge >= 0.3 is 0 Å².